The van der Waals surface area contributed by atoms with E-state index in [2.05, 4.69) is 20.5 Å². The van der Waals surface area contributed by atoms with Crippen molar-refractivity contribution in [2.75, 3.05) is 39.8 Å². The third-order valence-corrected chi connectivity index (χ3v) is 4.29. The molecular weight excluding hydrogens is 320 g/mol. The van der Waals surface area contributed by atoms with Gasteiger partial charge in [-0.15, -0.1) is 0 Å². The molecule has 1 atom stereocenters. The van der Waals surface area contributed by atoms with Crippen LogP contribution in [0.1, 0.15) is 44.4 Å². The molecule has 25 heavy (non-hydrogen) atoms. The topological polar surface area (TPSA) is 79.1 Å². The van der Waals surface area contributed by atoms with Gasteiger partial charge in [-0.3, -0.25) is 14.7 Å². The van der Waals surface area contributed by atoms with Crippen molar-refractivity contribution in [3.63, 3.8) is 0 Å². The smallest absolute Gasteiger partial charge is 0.305 e. The molecule has 0 radical (unpaired) electrons. The number of aliphatic imine (C=N–C) groups is 1. The second-order valence-corrected chi connectivity index (χ2v) is 6.06. The van der Waals surface area contributed by atoms with Crippen molar-refractivity contribution in [3.8, 4) is 0 Å². The lowest BCUT2D eigenvalue weighted by Gasteiger charge is -2.26. The number of nitrogens with zero attached hydrogens (tertiary/aromatic N) is 2. The number of likely N-dealkylation sites (tertiary alicyclic amines) is 1. The number of carbonyl (C=O) groups is 1. The SMILES string of the molecule is CCOC(=O)CCCNC(=NC)NCC(c1ccco1)N1CCCC1. The molecule has 1 aromatic heterocycles. The third kappa shape index (κ3) is 6.42. The second kappa shape index (κ2) is 10.8. The number of carbonyl (C=O) groups excluding carboxylic acids is 1. The highest BCUT2D eigenvalue weighted by Gasteiger charge is 2.25. The quantitative estimate of drug-likeness (QED) is 0.307. The molecule has 0 spiro atoms. The highest BCUT2D eigenvalue weighted by atomic mass is 16.5. The predicted molar refractivity (Wildman–Crippen MR) is 97.5 cm³/mol. The van der Waals surface area contributed by atoms with Gasteiger partial charge in [0.15, 0.2) is 5.96 Å². The lowest BCUT2D eigenvalue weighted by molar-refractivity contribution is -0.143. The van der Waals surface area contributed by atoms with E-state index in [-0.39, 0.29) is 12.0 Å². The van der Waals surface area contributed by atoms with E-state index in [1.165, 1.54) is 12.8 Å². The molecule has 2 N–H and O–H groups in total. The number of hydrogen-bond acceptors (Lipinski definition) is 5. The summed E-state index contributed by atoms with van der Waals surface area (Å²) in [5.41, 5.74) is 0. The maximum atomic E-state index is 11.3. The van der Waals surface area contributed by atoms with Crippen LogP contribution in [0.4, 0.5) is 0 Å². The maximum Gasteiger partial charge on any atom is 0.305 e. The third-order valence-electron chi connectivity index (χ3n) is 4.29. The average Bonchev–Trinajstić information content (AvgIpc) is 3.31. The first kappa shape index (κ1) is 19.3. The number of furan rings is 1. The van der Waals surface area contributed by atoms with E-state index in [9.17, 15) is 4.79 Å². The summed E-state index contributed by atoms with van der Waals surface area (Å²) >= 11 is 0. The van der Waals surface area contributed by atoms with Crippen LogP contribution in [0, 0.1) is 0 Å². The van der Waals surface area contributed by atoms with E-state index in [4.69, 9.17) is 9.15 Å². The summed E-state index contributed by atoms with van der Waals surface area (Å²) < 4.78 is 10.6. The fourth-order valence-corrected chi connectivity index (χ4v) is 3.03. The first-order chi connectivity index (χ1) is 12.2. The molecule has 0 saturated carbocycles. The van der Waals surface area contributed by atoms with Crippen molar-refractivity contribution in [1.82, 2.24) is 15.5 Å². The highest BCUT2D eigenvalue weighted by molar-refractivity contribution is 5.79. The van der Waals surface area contributed by atoms with Gasteiger partial charge in [0.1, 0.15) is 5.76 Å². The standard InChI is InChI=1S/C18H30N4O3/c1-3-24-17(23)9-6-10-20-18(19-2)21-14-15(16-8-7-13-25-16)22-11-4-5-12-22/h7-8,13,15H,3-6,9-12,14H2,1-2H3,(H2,19,20,21). The maximum absolute atomic E-state index is 11.3. The number of guanidine groups is 1. The van der Waals surface area contributed by atoms with Crippen LogP contribution < -0.4 is 10.6 Å². The molecule has 140 valence electrons. The van der Waals surface area contributed by atoms with E-state index in [0.29, 0.717) is 26.0 Å². The van der Waals surface area contributed by atoms with Gasteiger partial charge in [-0.2, -0.15) is 0 Å². The Balaban J connectivity index is 1.76. The Morgan fingerprint density at radius 2 is 2.20 bits per heavy atom. The zero-order valence-corrected chi connectivity index (χ0v) is 15.3. The van der Waals surface area contributed by atoms with Crippen LogP contribution in [0.3, 0.4) is 0 Å². The van der Waals surface area contributed by atoms with Crippen LogP contribution in [0.2, 0.25) is 0 Å². The molecule has 0 amide bonds. The molecule has 1 saturated heterocycles. The Morgan fingerprint density at radius 1 is 1.40 bits per heavy atom. The first-order valence-corrected chi connectivity index (χ1v) is 9.12. The molecule has 1 aromatic rings. The second-order valence-electron chi connectivity index (χ2n) is 6.06. The van der Waals surface area contributed by atoms with Gasteiger partial charge >= 0.3 is 5.97 Å². The Kier molecular flexibility index (Phi) is 8.31. The van der Waals surface area contributed by atoms with Gasteiger partial charge in [0, 0.05) is 26.6 Å². The molecule has 7 heteroatoms. The zero-order valence-electron chi connectivity index (χ0n) is 15.3. The molecule has 1 fully saturated rings. The van der Waals surface area contributed by atoms with Crippen LogP contribution in [0.15, 0.2) is 27.8 Å². The molecule has 1 aliphatic rings. The minimum absolute atomic E-state index is 0.154. The van der Waals surface area contributed by atoms with Crippen molar-refractivity contribution in [1.29, 1.82) is 0 Å². The summed E-state index contributed by atoms with van der Waals surface area (Å²) in [4.78, 5) is 18.0. The predicted octanol–water partition coefficient (Wildman–Crippen LogP) is 1.92. The molecule has 0 bridgehead atoms. The number of nitrogens with one attached hydrogen (secondary N) is 2. The van der Waals surface area contributed by atoms with Crippen LogP contribution >= 0.6 is 0 Å². The number of ether oxygens (including phenoxy) is 1. The fraction of sp³-hybridized carbons (Fsp3) is 0.667. The van der Waals surface area contributed by atoms with Gasteiger partial charge in [0.25, 0.3) is 0 Å². The van der Waals surface area contributed by atoms with Crippen molar-refractivity contribution in [3.05, 3.63) is 24.2 Å². The molecular formula is C18H30N4O3. The lowest BCUT2D eigenvalue weighted by Crippen LogP contribution is -2.42. The van der Waals surface area contributed by atoms with Crippen LogP contribution in [-0.4, -0.2) is 56.7 Å². The summed E-state index contributed by atoms with van der Waals surface area (Å²) in [5.74, 6) is 1.56. The summed E-state index contributed by atoms with van der Waals surface area (Å²) in [6.45, 7) is 5.84. The highest BCUT2D eigenvalue weighted by Crippen LogP contribution is 2.24. The monoisotopic (exact) mass is 350 g/mol. The minimum atomic E-state index is -0.154. The van der Waals surface area contributed by atoms with E-state index < -0.39 is 0 Å². The van der Waals surface area contributed by atoms with Crippen molar-refractivity contribution < 1.29 is 13.9 Å². The van der Waals surface area contributed by atoms with Crippen molar-refractivity contribution in [2.45, 2.75) is 38.6 Å². The Hall–Kier alpha value is -2.02. The van der Waals surface area contributed by atoms with Crippen molar-refractivity contribution in [2.24, 2.45) is 4.99 Å². The Bertz CT molecular complexity index is 524. The molecule has 2 heterocycles. The summed E-state index contributed by atoms with van der Waals surface area (Å²) in [6, 6.07) is 4.16. The lowest BCUT2D eigenvalue weighted by atomic mass is 10.2. The minimum Gasteiger partial charge on any atom is -0.468 e. The van der Waals surface area contributed by atoms with Gasteiger partial charge in [0.2, 0.25) is 0 Å². The number of hydrogen-bond donors (Lipinski definition) is 2. The van der Waals surface area contributed by atoms with Gasteiger partial charge in [-0.05, 0) is 51.4 Å². The molecule has 2 rings (SSSR count). The van der Waals surface area contributed by atoms with E-state index in [0.717, 1.165) is 31.4 Å². The van der Waals surface area contributed by atoms with E-state index in [1.807, 2.05) is 19.1 Å². The van der Waals surface area contributed by atoms with E-state index >= 15 is 0 Å². The van der Waals surface area contributed by atoms with Gasteiger partial charge < -0.3 is 19.8 Å². The van der Waals surface area contributed by atoms with Crippen LogP contribution in [0.25, 0.3) is 0 Å². The van der Waals surface area contributed by atoms with Crippen LogP contribution in [0.5, 0.6) is 0 Å². The van der Waals surface area contributed by atoms with E-state index in [1.54, 1.807) is 13.3 Å². The van der Waals surface area contributed by atoms with Gasteiger partial charge in [0.05, 0.1) is 18.9 Å². The summed E-state index contributed by atoms with van der Waals surface area (Å²) in [5, 5.41) is 6.61. The Labute approximate surface area is 149 Å². The summed E-state index contributed by atoms with van der Waals surface area (Å²) in [7, 11) is 1.75. The molecule has 0 aromatic carbocycles. The summed E-state index contributed by atoms with van der Waals surface area (Å²) in [6.07, 6.45) is 5.32. The molecule has 1 aliphatic heterocycles. The molecule has 1 unspecified atom stereocenters. The average molecular weight is 350 g/mol. The van der Waals surface area contributed by atoms with Gasteiger partial charge in [-0.1, -0.05) is 0 Å². The van der Waals surface area contributed by atoms with Gasteiger partial charge in [-0.25, -0.2) is 0 Å². The van der Waals surface area contributed by atoms with Crippen LogP contribution in [-0.2, 0) is 9.53 Å². The Morgan fingerprint density at radius 3 is 2.84 bits per heavy atom. The largest absolute Gasteiger partial charge is 0.468 e. The number of rotatable bonds is 9. The molecule has 0 aliphatic carbocycles. The molecule has 7 nitrogen and oxygen atoms in total. The van der Waals surface area contributed by atoms with Crippen molar-refractivity contribution >= 4 is 11.9 Å². The fourth-order valence-electron chi connectivity index (χ4n) is 3.03. The number of esters is 1. The normalized spacial score (nSPS) is 16.6. The zero-order chi connectivity index (χ0) is 17.9. The first-order valence-electron chi connectivity index (χ1n) is 9.12.